The van der Waals surface area contributed by atoms with Crippen LogP contribution in [0.2, 0.25) is 0 Å². The summed E-state index contributed by atoms with van der Waals surface area (Å²) in [7, 11) is 1.72. The first-order valence-corrected chi connectivity index (χ1v) is 4.48. The minimum Gasteiger partial charge on any atom is -0.381 e. The van der Waals surface area contributed by atoms with Gasteiger partial charge in [-0.1, -0.05) is 25.8 Å². The van der Waals surface area contributed by atoms with Crippen LogP contribution in [0, 0.1) is 0 Å². The molecule has 0 radical (unpaired) electrons. The molecule has 2 heteroatoms. The maximum absolute atomic E-state index is 9.96. The molecule has 0 fully saturated rings. The average molecular weight is 170 g/mol. The fourth-order valence-corrected chi connectivity index (χ4v) is 1.05. The summed E-state index contributed by atoms with van der Waals surface area (Å²) in [5, 5.41) is 0. The van der Waals surface area contributed by atoms with Crippen LogP contribution in [0.1, 0.15) is 32.6 Å². The predicted molar refractivity (Wildman–Crippen MR) is 50.1 cm³/mol. The summed E-state index contributed by atoms with van der Waals surface area (Å²) in [5.41, 5.74) is 0. The van der Waals surface area contributed by atoms with Crippen LogP contribution in [0.5, 0.6) is 0 Å². The lowest BCUT2D eigenvalue weighted by Crippen LogP contribution is -2.08. The summed E-state index contributed by atoms with van der Waals surface area (Å²) < 4.78 is 5.23. The van der Waals surface area contributed by atoms with Gasteiger partial charge in [0.05, 0.1) is 6.10 Å². The van der Waals surface area contributed by atoms with Crippen LogP contribution in [-0.4, -0.2) is 19.5 Å². The maximum atomic E-state index is 9.96. The van der Waals surface area contributed by atoms with E-state index < -0.39 is 0 Å². The standard InChI is InChI=1S/C10H18O2/c1-3-4-7-10(12-2)8-5-6-9-11/h5-6,9-10H,3-4,7-8H2,1-2H3. The molecular formula is C10H18O2. The zero-order chi connectivity index (χ0) is 9.23. The molecule has 0 saturated heterocycles. The molecule has 0 aliphatic heterocycles. The highest BCUT2D eigenvalue weighted by Gasteiger charge is 2.02. The number of ether oxygens (including phenoxy) is 1. The van der Waals surface area contributed by atoms with Crippen molar-refractivity contribution in [3.05, 3.63) is 12.2 Å². The molecule has 1 atom stereocenters. The second kappa shape index (κ2) is 8.47. The van der Waals surface area contributed by atoms with Gasteiger partial charge >= 0.3 is 0 Å². The number of rotatable bonds is 7. The van der Waals surface area contributed by atoms with Gasteiger partial charge in [-0.05, 0) is 18.9 Å². The third-order valence-corrected chi connectivity index (χ3v) is 1.83. The first kappa shape index (κ1) is 11.4. The van der Waals surface area contributed by atoms with Crippen molar-refractivity contribution in [2.45, 2.75) is 38.7 Å². The summed E-state index contributed by atoms with van der Waals surface area (Å²) in [6.45, 7) is 2.16. The van der Waals surface area contributed by atoms with Crippen LogP contribution < -0.4 is 0 Å². The number of unbranched alkanes of at least 4 members (excludes halogenated alkanes) is 1. The molecule has 12 heavy (non-hydrogen) atoms. The zero-order valence-electron chi connectivity index (χ0n) is 7.95. The summed E-state index contributed by atoms with van der Waals surface area (Å²) in [6, 6.07) is 0. The molecule has 0 aliphatic carbocycles. The highest BCUT2D eigenvalue weighted by Crippen LogP contribution is 2.07. The summed E-state index contributed by atoms with van der Waals surface area (Å²) in [5.74, 6) is 0. The molecule has 0 aromatic carbocycles. The highest BCUT2D eigenvalue weighted by atomic mass is 16.5. The van der Waals surface area contributed by atoms with Gasteiger partial charge in [-0.25, -0.2) is 0 Å². The molecule has 0 saturated carbocycles. The Morgan fingerprint density at radius 1 is 1.50 bits per heavy atom. The van der Waals surface area contributed by atoms with E-state index in [1.165, 1.54) is 18.9 Å². The second-order valence-electron chi connectivity index (χ2n) is 2.80. The van der Waals surface area contributed by atoms with Crippen molar-refractivity contribution < 1.29 is 9.53 Å². The van der Waals surface area contributed by atoms with Crippen molar-refractivity contribution in [2.24, 2.45) is 0 Å². The van der Waals surface area contributed by atoms with Gasteiger partial charge in [0.2, 0.25) is 0 Å². The Balaban J connectivity index is 3.51. The Morgan fingerprint density at radius 2 is 2.25 bits per heavy atom. The van der Waals surface area contributed by atoms with Crippen molar-refractivity contribution in [3.8, 4) is 0 Å². The van der Waals surface area contributed by atoms with Crippen molar-refractivity contribution >= 4 is 6.29 Å². The van der Waals surface area contributed by atoms with Crippen LogP contribution in [0.25, 0.3) is 0 Å². The molecular weight excluding hydrogens is 152 g/mol. The molecule has 0 heterocycles. The minimum atomic E-state index is 0.279. The minimum absolute atomic E-state index is 0.279. The number of hydrogen-bond donors (Lipinski definition) is 0. The number of carbonyl (C=O) groups is 1. The Labute approximate surface area is 74.6 Å². The van der Waals surface area contributed by atoms with Gasteiger partial charge in [0.15, 0.2) is 0 Å². The van der Waals surface area contributed by atoms with Crippen molar-refractivity contribution in [2.75, 3.05) is 7.11 Å². The lowest BCUT2D eigenvalue weighted by molar-refractivity contribution is -0.104. The number of hydrogen-bond acceptors (Lipinski definition) is 2. The molecule has 0 bridgehead atoms. The van der Waals surface area contributed by atoms with E-state index in [2.05, 4.69) is 6.92 Å². The number of allylic oxidation sites excluding steroid dienone is 1. The molecule has 0 amide bonds. The van der Waals surface area contributed by atoms with Crippen molar-refractivity contribution in [1.82, 2.24) is 0 Å². The van der Waals surface area contributed by atoms with E-state index in [-0.39, 0.29) is 6.10 Å². The van der Waals surface area contributed by atoms with E-state index in [1.54, 1.807) is 7.11 Å². The van der Waals surface area contributed by atoms with E-state index in [1.807, 2.05) is 6.08 Å². The third-order valence-electron chi connectivity index (χ3n) is 1.83. The van der Waals surface area contributed by atoms with Crippen LogP contribution >= 0.6 is 0 Å². The quantitative estimate of drug-likeness (QED) is 0.433. The van der Waals surface area contributed by atoms with Crippen molar-refractivity contribution in [3.63, 3.8) is 0 Å². The van der Waals surface area contributed by atoms with Gasteiger partial charge in [0.25, 0.3) is 0 Å². The molecule has 2 nitrogen and oxygen atoms in total. The van der Waals surface area contributed by atoms with Gasteiger partial charge in [0, 0.05) is 7.11 Å². The number of methoxy groups -OCH3 is 1. The van der Waals surface area contributed by atoms with E-state index >= 15 is 0 Å². The fourth-order valence-electron chi connectivity index (χ4n) is 1.05. The van der Waals surface area contributed by atoms with Crippen molar-refractivity contribution in [1.29, 1.82) is 0 Å². The van der Waals surface area contributed by atoms with Gasteiger partial charge in [0.1, 0.15) is 6.29 Å². The smallest absolute Gasteiger partial charge is 0.142 e. The average Bonchev–Trinajstić information content (AvgIpc) is 2.11. The molecule has 0 aromatic rings. The van der Waals surface area contributed by atoms with Gasteiger partial charge in [-0.3, -0.25) is 4.79 Å². The molecule has 70 valence electrons. The summed E-state index contributed by atoms with van der Waals surface area (Å²) >= 11 is 0. The molecule has 0 spiro atoms. The Bertz CT molecular complexity index is 130. The van der Waals surface area contributed by atoms with Gasteiger partial charge < -0.3 is 4.74 Å². The van der Waals surface area contributed by atoms with E-state index in [0.717, 1.165) is 19.1 Å². The second-order valence-corrected chi connectivity index (χ2v) is 2.80. The maximum Gasteiger partial charge on any atom is 0.142 e. The monoisotopic (exact) mass is 170 g/mol. The number of aldehydes is 1. The van der Waals surface area contributed by atoms with Gasteiger partial charge in [-0.2, -0.15) is 0 Å². The van der Waals surface area contributed by atoms with Crippen LogP contribution in [0.15, 0.2) is 12.2 Å². The van der Waals surface area contributed by atoms with Crippen LogP contribution in [0.4, 0.5) is 0 Å². The lowest BCUT2D eigenvalue weighted by atomic mass is 10.1. The molecule has 0 aromatic heterocycles. The normalized spacial score (nSPS) is 13.5. The van der Waals surface area contributed by atoms with E-state index in [9.17, 15) is 4.79 Å². The van der Waals surface area contributed by atoms with Gasteiger partial charge in [-0.15, -0.1) is 0 Å². The molecule has 0 aliphatic rings. The molecule has 0 N–H and O–H groups in total. The first-order chi connectivity index (χ1) is 5.85. The molecule has 0 rings (SSSR count). The first-order valence-electron chi connectivity index (χ1n) is 4.48. The Morgan fingerprint density at radius 3 is 2.75 bits per heavy atom. The third kappa shape index (κ3) is 6.10. The SMILES string of the molecule is CCCCC(CC=CC=O)OC. The predicted octanol–water partition coefficient (Wildman–Crippen LogP) is 2.34. The van der Waals surface area contributed by atoms with Crippen LogP contribution in [-0.2, 0) is 9.53 Å². The van der Waals surface area contributed by atoms with E-state index in [0.29, 0.717) is 0 Å². The zero-order valence-corrected chi connectivity index (χ0v) is 7.95. The lowest BCUT2D eigenvalue weighted by Gasteiger charge is -2.11. The Kier molecular flexibility index (Phi) is 8.02. The van der Waals surface area contributed by atoms with E-state index in [4.69, 9.17) is 4.74 Å². The number of carbonyl (C=O) groups excluding carboxylic acids is 1. The highest BCUT2D eigenvalue weighted by molar-refractivity contribution is 5.64. The topological polar surface area (TPSA) is 26.3 Å². The Hall–Kier alpha value is -0.630. The summed E-state index contributed by atoms with van der Waals surface area (Å²) in [4.78, 5) is 9.96. The largest absolute Gasteiger partial charge is 0.381 e. The summed E-state index contributed by atoms with van der Waals surface area (Å²) in [6.07, 6.45) is 8.76. The molecule has 1 unspecified atom stereocenters. The fraction of sp³-hybridized carbons (Fsp3) is 0.700. The van der Waals surface area contributed by atoms with Crippen LogP contribution in [0.3, 0.4) is 0 Å².